The predicted molar refractivity (Wildman–Crippen MR) is 94.4 cm³/mol. The molecule has 0 amide bonds. The Morgan fingerprint density at radius 2 is 1.41 bits per heavy atom. The lowest BCUT2D eigenvalue weighted by molar-refractivity contribution is 0.270. The van der Waals surface area contributed by atoms with Crippen LogP contribution in [0.15, 0.2) is 63.9 Å². The summed E-state index contributed by atoms with van der Waals surface area (Å²) in [6.45, 7) is 5.84. The topological polar surface area (TPSA) is 3.24 Å². The third-order valence-electron chi connectivity index (χ3n) is 4.79. The summed E-state index contributed by atoms with van der Waals surface area (Å²) in [5.41, 5.74) is 6.03. The Hall–Kier alpha value is -1.51. The standard InChI is InChI=1S/C20H21NS/c1-2-21-13-11-15(12-14-21)20-16-7-3-5-9-18(16)22-19-10-6-4-8-17(19)20/h3-10H,2,11-14H2,1H3. The summed E-state index contributed by atoms with van der Waals surface area (Å²) in [6.07, 6.45) is 2.41. The van der Waals surface area contributed by atoms with Gasteiger partial charge in [-0.3, -0.25) is 0 Å². The minimum Gasteiger partial charge on any atom is -0.303 e. The van der Waals surface area contributed by atoms with E-state index in [2.05, 4.69) is 60.4 Å². The molecule has 2 aromatic rings. The quantitative estimate of drug-likeness (QED) is 0.617. The average Bonchev–Trinajstić information content (AvgIpc) is 2.60. The van der Waals surface area contributed by atoms with E-state index >= 15 is 0 Å². The van der Waals surface area contributed by atoms with Crippen LogP contribution in [-0.2, 0) is 0 Å². The molecule has 2 aliphatic rings. The van der Waals surface area contributed by atoms with Gasteiger partial charge < -0.3 is 4.90 Å². The maximum Gasteiger partial charge on any atom is 0.0201 e. The normalized spacial score (nSPS) is 18.0. The molecule has 0 atom stereocenters. The molecule has 1 nitrogen and oxygen atoms in total. The first-order valence-electron chi connectivity index (χ1n) is 8.18. The van der Waals surface area contributed by atoms with Crippen molar-refractivity contribution in [3.05, 3.63) is 65.2 Å². The number of rotatable bonds is 1. The summed E-state index contributed by atoms with van der Waals surface area (Å²) in [4.78, 5) is 5.36. The molecule has 0 radical (unpaired) electrons. The largest absolute Gasteiger partial charge is 0.303 e. The Bertz CT molecular complexity index is 674. The Morgan fingerprint density at radius 3 is 1.95 bits per heavy atom. The van der Waals surface area contributed by atoms with Crippen LogP contribution in [0, 0.1) is 0 Å². The van der Waals surface area contributed by atoms with Crippen LogP contribution in [-0.4, -0.2) is 24.5 Å². The first kappa shape index (κ1) is 14.1. The van der Waals surface area contributed by atoms with Gasteiger partial charge >= 0.3 is 0 Å². The zero-order chi connectivity index (χ0) is 14.9. The van der Waals surface area contributed by atoms with Gasteiger partial charge in [0.2, 0.25) is 0 Å². The highest BCUT2D eigenvalue weighted by Crippen LogP contribution is 2.47. The number of piperidine rings is 1. The van der Waals surface area contributed by atoms with Crippen molar-refractivity contribution in [3.8, 4) is 0 Å². The summed E-state index contributed by atoms with van der Waals surface area (Å²) in [7, 11) is 0. The Labute approximate surface area is 137 Å². The molecule has 112 valence electrons. The molecule has 0 bridgehead atoms. The van der Waals surface area contributed by atoms with Crippen molar-refractivity contribution in [2.45, 2.75) is 29.6 Å². The van der Waals surface area contributed by atoms with Crippen molar-refractivity contribution >= 4 is 17.3 Å². The maximum absolute atomic E-state index is 2.56. The van der Waals surface area contributed by atoms with Crippen LogP contribution in [0.5, 0.6) is 0 Å². The van der Waals surface area contributed by atoms with Gasteiger partial charge in [-0.05, 0) is 48.2 Å². The molecule has 0 aliphatic carbocycles. The molecular weight excluding hydrogens is 286 g/mol. The van der Waals surface area contributed by atoms with E-state index in [0.717, 1.165) is 0 Å². The summed E-state index contributed by atoms with van der Waals surface area (Å²) in [6, 6.07) is 17.8. The lowest BCUT2D eigenvalue weighted by Gasteiger charge is -2.31. The second-order valence-electron chi connectivity index (χ2n) is 6.01. The fraction of sp³-hybridized carbons (Fsp3) is 0.300. The van der Waals surface area contributed by atoms with Crippen molar-refractivity contribution in [1.82, 2.24) is 4.90 Å². The van der Waals surface area contributed by atoms with Crippen LogP contribution in [0.25, 0.3) is 5.57 Å². The molecule has 2 aliphatic heterocycles. The molecule has 0 spiro atoms. The molecule has 2 heterocycles. The Kier molecular flexibility index (Phi) is 3.81. The molecule has 1 fully saturated rings. The van der Waals surface area contributed by atoms with Crippen LogP contribution in [0.1, 0.15) is 30.9 Å². The van der Waals surface area contributed by atoms with Gasteiger partial charge in [0.05, 0.1) is 0 Å². The smallest absolute Gasteiger partial charge is 0.0201 e. The molecule has 22 heavy (non-hydrogen) atoms. The van der Waals surface area contributed by atoms with Crippen molar-refractivity contribution < 1.29 is 0 Å². The highest BCUT2D eigenvalue weighted by atomic mass is 32.2. The van der Waals surface area contributed by atoms with Gasteiger partial charge in [-0.1, -0.05) is 60.7 Å². The SMILES string of the molecule is CCN1CCC(=C2c3ccccc3Sc3ccccc32)CC1. The maximum atomic E-state index is 2.56. The molecule has 4 rings (SSSR count). The third kappa shape index (κ3) is 2.41. The number of nitrogens with zero attached hydrogens (tertiary/aromatic N) is 1. The van der Waals surface area contributed by atoms with Gasteiger partial charge in [0, 0.05) is 22.9 Å². The minimum absolute atomic E-state index is 1.17. The van der Waals surface area contributed by atoms with E-state index in [9.17, 15) is 0 Å². The third-order valence-corrected chi connectivity index (χ3v) is 5.94. The van der Waals surface area contributed by atoms with Gasteiger partial charge in [0.25, 0.3) is 0 Å². The van der Waals surface area contributed by atoms with Crippen LogP contribution in [0.2, 0.25) is 0 Å². The molecule has 1 saturated heterocycles. The highest BCUT2D eigenvalue weighted by molar-refractivity contribution is 7.99. The van der Waals surface area contributed by atoms with Gasteiger partial charge in [0.1, 0.15) is 0 Å². The number of hydrogen-bond donors (Lipinski definition) is 0. The lowest BCUT2D eigenvalue weighted by atomic mass is 9.88. The van der Waals surface area contributed by atoms with E-state index in [-0.39, 0.29) is 0 Å². The monoisotopic (exact) mass is 307 g/mol. The van der Waals surface area contributed by atoms with E-state index in [1.165, 1.54) is 59.0 Å². The van der Waals surface area contributed by atoms with Crippen molar-refractivity contribution in [3.63, 3.8) is 0 Å². The first-order chi connectivity index (χ1) is 10.9. The summed E-state index contributed by atoms with van der Waals surface area (Å²) in [5.74, 6) is 0. The van der Waals surface area contributed by atoms with Crippen molar-refractivity contribution in [2.24, 2.45) is 0 Å². The number of likely N-dealkylation sites (tertiary alicyclic amines) is 1. The minimum atomic E-state index is 1.17. The Morgan fingerprint density at radius 1 is 0.864 bits per heavy atom. The lowest BCUT2D eigenvalue weighted by Crippen LogP contribution is -2.30. The molecule has 0 unspecified atom stereocenters. The molecule has 0 saturated carbocycles. The van der Waals surface area contributed by atoms with Crippen LogP contribution in [0.3, 0.4) is 0 Å². The molecular formula is C20H21NS. The van der Waals surface area contributed by atoms with Gasteiger partial charge in [0.15, 0.2) is 0 Å². The average molecular weight is 307 g/mol. The highest BCUT2D eigenvalue weighted by Gasteiger charge is 2.24. The fourth-order valence-corrected chi connectivity index (χ4v) is 4.65. The van der Waals surface area contributed by atoms with Crippen LogP contribution >= 0.6 is 11.8 Å². The van der Waals surface area contributed by atoms with E-state index < -0.39 is 0 Å². The van der Waals surface area contributed by atoms with Crippen molar-refractivity contribution in [1.29, 1.82) is 0 Å². The second-order valence-corrected chi connectivity index (χ2v) is 7.09. The van der Waals surface area contributed by atoms with Gasteiger partial charge in [-0.25, -0.2) is 0 Å². The fourth-order valence-electron chi connectivity index (χ4n) is 3.56. The summed E-state index contributed by atoms with van der Waals surface area (Å²) in [5, 5.41) is 0. The predicted octanol–water partition coefficient (Wildman–Crippen LogP) is 5.07. The van der Waals surface area contributed by atoms with Crippen LogP contribution in [0.4, 0.5) is 0 Å². The van der Waals surface area contributed by atoms with E-state index in [1.807, 2.05) is 11.8 Å². The van der Waals surface area contributed by atoms with Gasteiger partial charge in [-0.15, -0.1) is 0 Å². The zero-order valence-corrected chi connectivity index (χ0v) is 13.8. The van der Waals surface area contributed by atoms with Crippen molar-refractivity contribution in [2.75, 3.05) is 19.6 Å². The van der Waals surface area contributed by atoms with E-state index in [0.29, 0.717) is 0 Å². The second kappa shape index (κ2) is 5.94. The number of hydrogen-bond acceptors (Lipinski definition) is 2. The summed E-state index contributed by atoms with van der Waals surface area (Å²) < 4.78 is 0. The van der Waals surface area contributed by atoms with E-state index in [1.54, 1.807) is 5.57 Å². The van der Waals surface area contributed by atoms with Gasteiger partial charge in [-0.2, -0.15) is 0 Å². The molecule has 0 aromatic heterocycles. The molecule has 0 N–H and O–H groups in total. The van der Waals surface area contributed by atoms with E-state index in [4.69, 9.17) is 0 Å². The zero-order valence-electron chi connectivity index (χ0n) is 13.0. The number of benzene rings is 2. The summed E-state index contributed by atoms with van der Waals surface area (Å²) >= 11 is 1.91. The molecule has 2 aromatic carbocycles. The van der Waals surface area contributed by atoms with Crippen LogP contribution < -0.4 is 0 Å². The Balaban J connectivity index is 1.85. The first-order valence-corrected chi connectivity index (χ1v) is 8.99. The number of fused-ring (bicyclic) bond motifs is 2. The molecule has 2 heteroatoms.